The van der Waals surface area contributed by atoms with Gasteiger partial charge in [-0.2, -0.15) is 0 Å². The molecular weight excluding hydrogens is 162 g/mol. The van der Waals surface area contributed by atoms with Crippen LogP contribution in [0.15, 0.2) is 0 Å². The van der Waals surface area contributed by atoms with Crippen LogP contribution in [0.2, 0.25) is 0 Å². The van der Waals surface area contributed by atoms with E-state index < -0.39 is 12.2 Å². The van der Waals surface area contributed by atoms with Gasteiger partial charge in [0.05, 0.1) is 19.7 Å². The first-order valence-electron chi connectivity index (χ1n) is 3.69. The molecule has 12 heavy (non-hydrogen) atoms. The zero-order chi connectivity index (χ0) is 9.14. The Morgan fingerprint density at radius 2 is 2.50 bits per heavy atom. The molecule has 0 saturated carbocycles. The number of aliphatic hydroxyl groups excluding tert-OH is 1. The molecule has 1 N–H and O–H groups in total. The second-order valence-corrected chi connectivity index (χ2v) is 2.77. The Kier molecular flexibility index (Phi) is 2.65. The van der Waals surface area contributed by atoms with Crippen molar-refractivity contribution in [1.82, 2.24) is 4.90 Å². The summed E-state index contributed by atoms with van der Waals surface area (Å²) in [6, 6.07) is 0. The van der Waals surface area contributed by atoms with E-state index in [1.54, 1.807) is 0 Å². The Morgan fingerprint density at radius 3 is 2.92 bits per heavy atom. The van der Waals surface area contributed by atoms with E-state index in [0.29, 0.717) is 6.54 Å². The van der Waals surface area contributed by atoms with Crippen LogP contribution in [0.4, 0.5) is 4.79 Å². The minimum atomic E-state index is -0.524. The van der Waals surface area contributed by atoms with E-state index in [1.807, 2.05) is 0 Å². The van der Waals surface area contributed by atoms with Crippen molar-refractivity contribution in [2.75, 3.05) is 19.7 Å². The number of nitrogens with zero attached hydrogens (tertiary/aromatic N) is 1. The lowest BCUT2D eigenvalue weighted by molar-refractivity contribution is -0.117. The molecule has 0 spiro atoms. The fourth-order valence-electron chi connectivity index (χ4n) is 1.07. The van der Waals surface area contributed by atoms with E-state index in [1.165, 1.54) is 11.8 Å². The monoisotopic (exact) mass is 173 g/mol. The topological polar surface area (TPSA) is 66.8 Å². The lowest BCUT2D eigenvalue weighted by atomic mass is 10.3. The average molecular weight is 173 g/mol. The molecule has 1 rings (SSSR count). The van der Waals surface area contributed by atoms with E-state index in [9.17, 15) is 9.59 Å². The fourth-order valence-corrected chi connectivity index (χ4v) is 1.07. The van der Waals surface area contributed by atoms with Gasteiger partial charge >= 0.3 is 6.09 Å². The van der Waals surface area contributed by atoms with Crippen molar-refractivity contribution in [1.29, 1.82) is 0 Å². The number of ether oxygens (including phenoxy) is 1. The van der Waals surface area contributed by atoms with Gasteiger partial charge in [0.15, 0.2) is 0 Å². The molecule has 0 bridgehead atoms. The molecule has 1 atom stereocenters. The zero-order valence-corrected chi connectivity index (χ0v) is 6.82. The number of Topliss-reactive ketones (excluding diaryl/α,β-unsaturated/α-hetero) is 1. The number of rotatable bonds is 3. The first kappa shape index (κ1) is 8.99. The summed E-state index contributed by atoms with van der Waals surface area (Å²) < 4.78 is 4.71. The highest BCUT2D eigenvalue weighted by molar-refractivity contribution is 5.82. The minimum Gasteiger partial charge on any atom is -0.442 e. The van der Waals surface area contributed by atoms with Crippen LogP contribution in [0.5, 0.6) is 0 Å². The molecule has 0 radical (unpaired) electrons. The molecule has 1 amide bonds. The van der Waals surface area contributed by atoms with Crippen molar-refractivity contribution in [2.45, 2.75) is 13.0 Å². The molecule has 5 heteroatoms. The average Bonchev–Trinajstić information content (AvgIpc) is 2.31. The highest BCUT2D eigenvalue weighted by atomic mass is 16.6. The van der Waals surface area contributed by atoms with Gasteiger partial charge in [0.2, 0.25) is 0 Å². The maximum absolute atomic E-state index is 10.9. The number of aliphatic hydroxyl groups is 1. The van der Waals surface area contributed by atoms with Gasteiger partial charge in [0, 0.05) is 0 Å². The summed E-state index contributed by atoms with van der Waals surface area (Å²) in [5, 5.41) is 8.65. The number of ketones is 1. The van der Waals surface area contributed by atoms with E-state index in [0.717, 1.165) is 0 Å². The first-order valence-corrected chi connectivity index (χ1v) is 3.69. The quantitative estimate of drug-likeness (QED) is 0.618. The lowest BCUT2D eigenvalue weighted by Crippen LogP contribution is -2.30. The molecule has 1 heterocycles. The van der Waals surface area contributed by atoms with Gasteiger partial charge in [-0.05, 0) is 6.92 Å². The van der Waals surface area contributed by atoms with Crippen LogP contribution in [0.3, 0.4) is 0 Å². The van der Waals surface area contributed by atoms with Gasteiger partial charge < -0.3 is 9.84 Å². The smallest absolute Gasteiger partial charge is 0.410 e. The van der Waals surface area contributed by atoms with Gasteiger partial charge in [-0.25, -0.2) is 4.79 Å². The SMILES string of the molecule is CC(=O)CN1C[C@@H](CO)OC1=O. The second kappa shape index (κ2) is 3.53. The molecule has 1 saturated heterocycles. The van der Waals surface area contributed by atoms with Gasteiger partial charge in [0.1, 0.15) is 11.9 Å². The minimum absolute atomic E-state index is 0.0648. The summed E-state index contributed by atoms with van der Waals surface area (Å²) >= 11 is 0. The number of hydrogen-bond donors (Lipinski definition) is 1. The van der Waals surface area contributed by atoms with Gasteiger partial charge in [0.25, 0.3) is 0 Å². The van der Waals surface area contributed by atoms with Crippen LogP contribution in [-0.2, 0) is 9.53 Å². The molecule has 0 aromatic rings. The highest BCUT2D eigenvalue weighted by Crippen LogP contribution is 2.09. The standard InChI is InChI=1S/C7H11NO4/c1-5(10)2-8-3-6(4-9)12-7(8)11/h6,9H,2-4H2,1H3/t6-/m0/s1. The first-order chi connectivity index (χ1) is 5.63. The zero-order valence-electron chi connectivity index (χ0n) is 6.82. The van der Waals surface area contributed by atoms with Crippen LogP contribution < -0.4 is 0 Å². The molecule has 5 nitrogen and oxygen atoms in total. The second-order valence-electron chi connectivity index (χ2n) is 2.77. The molecule has 1 aliphatic rings. The molecule has 68 valence electrons. The summed E-state index contributed by atoms with van der Waals surface area (Å²) in [4.78, 5) is 22.8. The summed E-state index contributed by atoms with van der Waals surface area (Å²) in [5.41, 5.74) is 0. The van der Waals surface area contributed by atoms with Gasteiger partial charge in [-0.3, -0.25) is 9.69 Å². The third-order valence-corrected chi connectivity index (χ3v) is 1.57. The van der Waals surface area contributed by atoms with Crippen molar-refractivity contribution in [2.24, 2.45) is 0 Å². The van der Waals surface area contributed by atoms with Crippen LogP contribution in [-0.4, -0.2) is 47.7 Å². The maximum Gasteiger partial charge on any atom is 0.410 e. The summed E-state index contributed by atoms with van der Waals surface area (Å²) in [6.45, 7) is 1.57. The third kappa shape index (κ3) is 1.94. The van der Waals surface area contributed by atoms with Crippen molar-refractivity contribution < 1.29 is 19.4 Å². The summed E-state index contributed by atoms with van der Waals surface area (Å²) in [5.74, 6) is -0.0921. The van der Waals surface area contributed by atoms with E-state index in [4.69, 9.17) is 9.84 Å². The number of cyclic esters (lactones) is 1. The van der Waals surface area contributed by atoms with Gasteiger partial charge in [-0.15, -0.1) is 0 Å². The highest BCUT2D eigenvalue weighted by Gasteiger charge is 2.30. The Hall–Kier alpha value is -1.10. The predicted molar refractivity (Wildman–Crippen MR) is 39.6 cm³/mol. The Morgan fingerprint density at radius 1 is 1.83 bits per heavy atom. The number of hydrogen-bond acceptors (Lipinski definition) is 4. The molecule has 0 aromatic heterocycles. The van der Waals surface area contributed by atoms with Crippen LogP contribution in [0.1, 0.15) is 6.92 Å². The Bertz CT molecular complexity index is 204. The summed E-state index contributed by atoms with van der Waals surface area (Å²) in [6.07, 6.45) is -0.999. The number of carbonyl (C=O) groups excluding carboxylic acids is 2. The van der Waals surface area contributed by atoms with Crippen molar-refractivity contribution in [3.63, 3.8) is 0 Å². The Labute approximate surface area is 69.9 Å². The molecule has 1 fully saturated rings. The van der Waals surface area contributed by atoms with E-state index >= 15 is 0 Å². The van der Waals surface area contributed by atoms with Crippen molar-refractivity contribution >= 4 is 11.9 Å². The van der Waals surface area contributed by atoms with E-state index in [2.05, 4.69) is 0 Å². The summed E-state index contributed by atoms with van der Waals surface area (Å²) in [7, 11) is 0. The maximum atomic E-state index is 10.9. The fraction of sp³-hybridized carbons (Fsp3) is 0.714. The predicted octanol–water partition coefficient (Wildman–Crippen LogP) is -0.612. The molecule has 0 aromatic carbocycles. The molecule has 0 unspecified atom stereocenters. The molecule has 1 aliphatic heterocycles. The Balaban J connectivity index is 2.46. The third-order valence-electron chi connectivity index (χ3n) is 1.57. The molecular formula is C7H11NO4. The normalized spacial score (nSPS) is 22.7. The van der Waals surface area contributed by atoms with E-state index in [-0.39, 0.29) is 18.9 Å². The number of carbonyl (C=O) groups is 2. The molecule has 0 aliphatic carbocycles. The van der Waals surface area contributed by atoms with Gasteiger partial charge in [-0.1, -0.05) is 0 Å². The largest absolute Gasteiger partial charge is 0.442 e. The van der Waals surface area contributed by atoms with Crippen molar-refractivity contribution in [3.05, 3.63) is 0 Å². The van der Waals surface area contributed by atoms with Crippen LogP contribution >= 0.6 is 0 Å². The van der Waals surface area contributed by atoms with Crippen LogP contribution in [0, 0.1) is 0 Å². The lowest BCUT2D eigenvalue weighted by Gasteiger charge is -2.08. The number of amides is 1. The van der Waals surface area contributed by atoms with Crippen molar-refractivity contribution in [3.8, 4) is 0 Å². The van der Waals surface area contributed by atoms with Crippen LogP contribution in [0.25, 0.3) is 0 Å².